The molecule has 0 aliphatic carbocycles. The monoisotopic (exact) mass is 453 g/mol. The number of phosphoric acid groups is 2. The van der Waals surface area contributed by atoms with Crippen molar-refractivity contribution in [1.29, 1.82) is 0 Å². The minimum absolute atomic E-state index is 0. The molecule has 1 aromatic heterocycles. The van der Waals surface area contributed by atoms with Gasteiger partial charge in [0, 0.05) is 101 Å². The molecular weight excluding hydrogens is 441 g/mol. The summed E-state index contributed by atoms with van der Waals surface area (Å²) in [6.45, 7) is -0.824. The van der Waals surface area contributed by atoms with Crippen molar-refractivity contribution in [3.63, 3.8) is 0 Å². The van der Waals surface area contributed by atoms with Gasteiger partial charge in [-0.2, -0.15) is 4.98 Å². The van der Waals surface area contributed by atoms with Crippen LogP contribution in [-0.4, -0.2) is 122 Å². The van der Waals surface area contributed by atoms with Crippen molar-refractivity contribution in [2.24, 2.45) is 0 Å². The van der Waals surface area contributed by atoms with Gasteiger partial charge in [-0.1, -0.05) is 0 Å². The van der Waals surface area contributed by atoms with E-state index < -0.39 is 46.4 Å². The molecule has 0 amide bonds. The number of nitrogens with two attached hydrogens (primary N) is 1. The molecule has 2 heterocycles. The molecule has 0 saturated carbocycles. The number of hydrogen-bond acceptors (Lipinski definition) is 12. The second kappa shape index (κ2) is 12.7. The van der Waals surface area contributed by atoms with Gasteiger partial charge in [0.15, 0.2) is 0 Å². The second-order valence-electron chi connectivity index (χ2n) is 4.75. The van der Waals surface area contributed by atoms with Gasteiger partial charge in [0.05, 0.1) is 20.5 Å². The Morgan fingerprint density at radius 3 is 2.44 bits per heavy atom. The van der Waals surface area contributed by atoms with Crippen LogP contribution in [0.5, 0.6) is 0 Å². The maximum absolute atomic E-state index is 11.7. The van der Waals surface area contributed by atoms with E-state index in [4.69, 9.17) is 10.5 Å². The predicted octanol–water partition coefficient (Wildman–Crippen LogP) is -4.34. The van der Waals surface area contributed by atoms with Crippen molar-refractivity contribution in [1.82, 2.24) is 9.55 Å². The van der Waals surface area contributed by atoms with E-state index in [2.05, 4.69) is 13.8 Å². The summed E-state index contributed by atoms with van der Waals surface area (Å²) in [5, 5.41) is 9.82. The van der Waals surface area contributed by atoms with Crippen molar-refractivity contribution in [2.45, 2.75) is 24.9 Å². The molecule has 27 heavy (non-hydrogen) atoms. The zero-order chi connectivity index (χ0) is 18.1. The number of rotatable bonds is 6. The van der Waals surface area contributed by atoms with E-state index in [-0.39, 0.29) is 101 Å². The number of phosphoric ester groups is 1. The first-order chi connectivity index (χ1) is 11.0. The Bertz CT molecular complexity index is 761. The zero-order valence-corrected chi connectivity index (χ0v) is 22.6. The molecule has 1 fully saturated rings. The average molecular weight is 453 g/mol. The van der Waals surface area contributed by atoms with E-state index in [1.165, 1.54) is 12.3 Å². The Balaban J connectivity index is 0. The number of aromatic nitrogens is 2. The van der Waals surface area contributed by atoms with E-state index in [1.54, 1.807) is 0 Å². The fourth-order valence-corrected chi connectivity index (χ4v) is 3.49. The van der Waals surface area contributed by atoms with E-state index in [0.29, 0.717) is 0 Å². The van der Waals surface area contributed by atoms with Gasteiger partial charge < -0.3 is 39.3 Å². The number of nitrogen functional groups attached to an aromatic ring is 1. The van der Waals surface area contributed by atoms with Crippen molar-refractivity contribution >= 4 is 110 Å². The Kier molecular flexibility index (Phi) is 14.5. The smallest absolute Gasteiger partial charge is 0.351 e. The minimum Gasteiger partial charge on any atom is -0.790 e. The number of hydrogen-bond donors (Lipinski definition) is 2. The molecule has 1 saturated heterocycles. The Morgan fingerprint density at radius 1 is 1.33 bits per heavy atom. The van der Waals surface area contributed by atoms with Crippen LogP contribution in [0.2, 0.25) is 0 Å². The van der Waals surface area contributed by atoms with Gasteiger partial charge in [-0.3, -0.25) is 13.4 Å². The molecule has 1 aliphatic rings. The molecule has 0 aromatic carbocycles. The molecule has 3 N–H and O–H groups in total. The summed E-state index contributed by atoms with van der Waals surface area (Å²) in [4.78, 5) is 46.8. The molecule has 18 heteroatoms. The van der Waals surface area contributed by atoms with Gasteiger partial charge in [0.1, 0.15) is 18.1 Å². The topological polar surface area (TPSA) is 212 Å². The van der Waals surface area contributed by atoms with Crippen LogP contribution in [-0.2, 0) is 22.7 Å². The first-order valence-electron chi connectivity index (χ1n) is 6.34. The number of ether oxygens (including phenoxy) is 1. The molecule has 1 aliphatic heterocycles. The molecule has 1 unspecified atom stereocenters. The van der Waals surface area contributed by atoms with Crippen LogP contribution < -0.4 is 26.1 Å². The molecule has 3 radical (unpaired) electrons. The molecule has 0 spiro atoms. The molecule has 4 atom stereocenters. The van der Waals surface area contributed by atoms with Crippen LogP contribution in [0, 0.1) is 0 Å². The van der Waals surface area contributed by atoms with E-state index in [9.17, 15) is 33.7 Å². The van der Waals surface area contributed by atoms with Gasteiger partial charge in [-0.25, -0.2) is 4.79 Å². The molecular formula is C9H12N3Na3O10P2-3. The van der Waals surface area contributed by atoms with Crippen molar-refractivity contribution in [2.75, 3.05) is 12.3 Å². The number of aliphatic hydroxyl groups is 1. The number of aliphatic hydroxyl groups excluding tert-OH is 1. The standard InChI is InChI=1S/C9H15N3O10P2.3Na/c10-7-1-2-12(9(14)11-7)8-3-5(13)6(21-8)4-20-24(18,19)22-23(15,16)17;;;/h1-2,5-6,8,13H,3-4H2,(H,18,19)(H2,10,11,14)(H2,15,16,17);;;/p-3/t5-,6+,8+;;;/m0.../s1. The average Bonchev–Trinajstić information content (AvgIpc) is 2.75. The summed E-state index contributed by atoms with van der Waals surface area (Å²) >= 11 is 0. The number of anilines is 1. The van der Waals surface area contributed by atoms with Gasteiger partial charge in [0.25, 0.3) is 7.82 Å². The maximum Gasteiger partial charge on any atom is 0.351 e. The van der Waals surface area contributed by atoms with Crippen molar-refractivity contribution in [3.8, 4) is 0 Å². The second-order valence-corrected chi connectivity index (χ2v) is 7.45. The summed E-state index contributed by atoms with van der Waals surface area (Å²) in [5.41, 5.74) is 4.59. The van der Waals surface area contributed by atoms with Crippen LogP contribution in [0.3, 0.4) is 0 Å². The summed E-state index contributed by atoms with van der Waals surface area (Å²) in [5.74, 6) is -0.0150. The van der Waals surface area contributed by atoms with Crippen LogP contribution >= 0.6 is 15.6 Å². The summed E-state index contributed by atoms with van der Waals surface area (Å²) in [6, 6.07) is 1.32. The number of nitrogens with zero attached hydrogens (tertiary/aromatic N) is 2. The van der Waals surface area contributed by atoms with Crippen LogP contribution in [0.1, 0.15) is 12.6 Å². The Morgan fingerprint density at radius 2 is 1.93 bits per heavy atom. The largest absolute Gasteiger partial charge is 0.790 e. The van der Waals surface area contributed by atoms with E-state index >= 15 is 0 Å². The van der Waals surface area contributed by atoms with E-state index in [1.807, 2.05) is 0 Å². The third-order valence-electron chi connectivity index (χ3n) is 2.96. The van der Waals surface area contributed by atoms with Gasteiger partial charge in [0.2, 0.25) is 0 Å². The fourth-order valence-electron chi connectivity index (χ4n) is 1.99. The first kappa shape index (κ1) is 31.0. The SMILES string of the molecule is Nc1ccn([C@H]2C[C@H](O)[C@@H](COP(=O)([O-])OP(=O)([O-])[O-])O2)c(=O)n1.[Na].[Na].[Na]. The zero-order valence-electron chi connectivity index (χ0n) is 14.8. The minimum atomic E-state index is -5.80. The third-order valence-corrected chi connectivity index (χ3v) is 5.03. The van der Waals surface area contributed by atoms with Crippen molar-refractivity contribution < 1.29 is 42.5 Å². The molecule has 1 aromatic rings. The Hall–Kier alpha value is 1.86. The van der Waals surface area contributed by atoms with Gasteiger partial charge >= 0.3 is 5.69 Å². The predicted molar refractivity (Wildman–Crippen MR) is 87.0 cm³/mol. The van der Waals surface area contributed by atoms with Gasteiger partial charge in [-0.05, 0) is 6.07 Å². The third kappa shape index (κ3) is 10.1. The molecule has 13 nitrogen and oxygen atoms in total. The van der Waals surface area contributed by atoms with Crippen molar-refractivity contribution in [3.05, 3.63) is 22.7 Å². The van der Waals surface area contributed by atoms with E-state index in [0.717, 1.165) is 4.57 Å². The maximum atomic E-state index is 11.7. The summed E-state index contributed by atoms with van der Waals surface area (Å²) in [6.07, 6.45) is -2.23. The molecule has 139 valence electrons. The fraction of sp³-hybridized carbons (Fsp3) is 0.556. The normalized spacial score (nSPS) is 24.1. The van der Waals surface area contributed by atoms with Crippen LogP contribution in [0.25, 0.3) is 0 Å². The molecule has 2 rings (SSSR count). The summed E-state index contributed by atoms with van der Waals surface area (Å²) < 4.78 is 35.2. The Labute approximate surface area is 219 Å². The van der Waals surface area contributed by atoms with Crippen LogP contribution in [0.4, 0.5) is 5.82 Å². The molecule has 0 bridgehead atoms. The summed E-state index contributed by atoms with van der Waals surface area (Å²) in [7, 11) is -11.2. The van der Waals surface area contributed by atoms with Gasteiger partial charge in [-0.15, -0.1) is 0 Å². The quantitative estimate of drug-likeness (QED) is 0.309. The van der Waals surface area contributed by atoms with Crippen LogP contribution in [0.15, 0.2) is 17.1 Å². The first-order valence-corrected chi connectivity index (χ1v) is 9.26.